The van der Waals surface area contributed by atoms with E-state index in [1.807, 2.05) is 54.3 Å². The minimum absolute atomic E-state index is 0.137. The average Bonchev–Trinajstić information content (AvgIpc) is 3.13. The zero-order valence-corrected chi connectivity index (χ0v) is 16.3. The molecule has 1 amide bonds. The molecule has 0 spiro atoms. The van der Waals surface area contributed by atoms with Gasteiger partial charge in [-0.15, -0.1) is 11.3 Å². The summed E-state index contributed by atoms with van der Waals surface area (Å²) >= 11 is 1.71. The Balaban J connectivity index is 1.35. The summed E-state index contributed by atoms with van der Waals surface area (Å²) < 4.78 is 0. The van der Waals surface area contributed by atoms with Gasteiger partial charge in [0.05, 0.1) is 31.2 Å². The number of hydrogen-bond acceptors (Lipinski definition) is 3. The van der Waals surface area contributed by atoms with Crippen molar-refractivity contribution in [1.29, 1.82) is 0 Å². The highest BCUT2D eigenvalue weighted by molar-refractivity contribution is 7.09. The minimum atomic E-state index is 0.137. The summed E-state index contributed by atoms with van der Waals surface area (Å²) in [7, 11) is 0. The average molecular weight is 379 g/mol. The molecule has 2 aromatic carbocycles. The first-order valence-electron chi connectivity index (χ1n) is 9.38. The van der Waals surface area contributed by atoms with Crippen LogP contribution < -0.4 is 4.90 Å². The first-order valence-corrected chi connectivity index (χ1v) is 10.3. The van der Waals surface area contributed by atoms with E-state index < -0.39 is 0 Å². The first kappa shape index (κ1) is 17.9. The molecule has 27 heavy (non-hydrogen) atoms. The van der Waals surface area contributed by atoms with Crippen LogP contribution in [0.25, 0.3) is 11.1 Å². The van der Waals surface area contributed by atoms with Gasteiger partial charge in [0.15, 0.2) is 0 Å². The maximum absolute atomic E-state index is 12.8. The third-order valence-corrected chi connectivity index (χ3v) is 5.92. The smallest absolute Gasteiger partial charge is 0.254 e. The number of rotatable bonds is 4. The summed E-state index contributed by atoms with van der Waals surface area (Å²) in [4.78, 5) is 20.9. The Kier molecular flexibility index (Phi) is 5.32. The quantitative estimate of drug-likeness (QED) is 0.758. The molecule has 5 heteroatoms. The van der Waals surface area contributed by atoms with Crippen molar-refractivity contribution >= 4 is 17.2 Å². The number of aryl methyl sites for hydroxylation is 1. The number of thiazole rings is 1. The standard InChI is InChI=1S/C22H23N3OS/c1-17-23-21(16-27-17)15-24-11-13-25(14-12-24)22(26)20-9-7-19(8-10-20)18-5-3-2-4-6-18/h2-10,16H,11-15H2,1H3/p+1. The number of hydrogen-bond donors (Lipinski definition) is 1. The topological polar surface area (TPSA) is 37.6 Å². The van der Waals surface area contributed by atoms with Gasteiger partial charge in [0.25, 0.3) is 5.91 Å². The normalized spacial score (nSPS) is 15.1. The lowest BCUT2D eigenvalue weighted by molar-refractivity contribution is -0.917. The van der Waals surface area contributed by atoms with Gasteiger partial charge in [-0.1, -0.05) is 42.5 Å². The number of carbonyl (C=O) groups excluding carboxylic acids is 1. The van der Waals surface area contributed by atoms with E-state index in [9.17, 15) is 4.79 Å². The van der Waals surface area contributed by atoms with Gasteiger partial charge in [0.1, 0.15) is 12.2 Å². The van der Waals surface area contributed by atoms with Gasteiger partial charge in [-0.25, -0.2) is 4.98 Å². The predicted octanol–water partition coefficient (Wildman–Crippen LogP) is 2.66. The fourth-order valence-corrected chi connectivity index (χ4v) is 4.18. The summed E-state index contributed by atoms with van der Waals surface area (Å²) in [5, 5.41) is 3.27. The Morgan fingerprint density at radius 3 is 2.33 bits per heavy atom. The fourth-order valence-electron chi connectivity index (χ4n) is 3.57. The van der Waals surface area contributed by atoms with Crippen molar-refractivity contribution in [3.63, 3.8) is 0 Å². The molecule has 138 valence electrons. The van der Waals surface area contributed by atoms with Gasteiger partial charge in [0.2, 0.25) is 0 Å². The van der Waals surface area contributed by atoms with Gasteiger partial charge in [0, 0.05) is 10.9 Å². The molecule has 4 nitrogen and oxygen atoms in total. The highest BCUT2D eigenvalue weighted by Gasteiger charge is 2.25. The number of amides is 1. The minimum Gasteiger partial charge on any atom is -0.327 e. The Morgan fingerprint density at radius 2 is 1.70 bits per heavy atom. The predicted molar refractivity (Wildman–Crippen MR) is 109 cm³/mol. The van der Waals surface area contributed by atoms with Crippen molar-refractivity contribution in [2.75, 3.05) is 26.2 Å². The molecule has 1 fully saturated rings. The molecule has 0 saturated carbocycles. The maximum Gasteiger partial charge on any atom is 0.254 e. The number of quaternary nitrogens is 1. The van der Waals surface area contributed by atoms with Crippen LogP contribution in [0.2, 0.25) is 0 Å². The summed E-state index contributed by atoms with van der Waals surface area (Å²) in [5.74, 6) is 0.137. The van der Waals surface area contributed by atoms with E-state index in [0.29, 0.717) is 0 Å². The number of carbonyl (C=O) groups is 1. The third kappa shape index (κ3) is 4.26. The van der Waals surface area contributed by atoms with Crippen LogP contribution in [-0.2, 0) is 6.54 Å². The molecule has 3 aromatic rings. The lowest BCUT2D eigenvalue weighted by atomic mass is 10.0. The Morgan fingerprint density at radius 1 is 1.04 bits per heavy atom. The van der Waals surface area contributed by atoms with Crippen LogP contribution in [0, 0.1) is 6.92 Å². The van der Waals surface area contributed by atoms with Crippen LogP contribution in [0.4, 0.5) is 0 Å². The van der Waals surface area contributed by atoms with Crippen LogP contribution in [0.5, 0.6) is 0 Å². The second-order valence-electron chi connectivity index (χ2n) is 7.02. The van der Waals surface area contributed by atoms with Crippen molar-refractivity contribution < 1.29 is 9.69 Å². The molecule has 0 unspecified atom stereocenters. The fraction of sp³-hybridized carbons (Fsp3) is 0.273. The van der Waals surface area contributed by atoms with E-state index in [4.69, 9.17) is 0 Å². The van der Waals surface area contributed by atoms with Crippen LogP contribution in [-0.4, -0.2) is 42.0 Å². The Hall–Kier alpha value is -2.50. The van der Waals surface area contributed by atoms with E-state index >= 15 is 0 Å². The van der Waals surface area contributed by atoms with Gasteiger partial charge in [-0.2, -0.15) is 0 Å². The lowest BCUT2D eigenvalue weighted by Crippen LogP contribution is -3.13. The highest BCUT2D eigenvalue weighted by Crippen LogP contribution is 2.19. The van der Waals surface area contributed by atoms with Crippen LogP contribution in [0.15, 0.2) is 60.0 Å². The molecular formula is C22H24N3OS+. The largest absolute Gasteiger partial charge is 0.327 e. The molecular weight excluding hydrogens is 354 g/mol. The monoisotopic (exact) mass is 378 g/mol. The Bertz CT molecular complexity index is 897. The van der Waals surface area contributed by atoms with Crippen LogP contribution >= 0.6 is 11.3 Å². The zero-order valence-electron chi connectivity index (χ0n) is 15.5. The van der Waals surface area contributed by atoms with Gasteiger partial charge < -0.3 is 9.80 Å². The summed E-state index contributed by atoms with van der Waals surface area (Å²) in [6.07, 6.45) is 0. The lowest BCUT2D eigenvalue weighted by Gasteiger charge is -2.32. The molecule has 4 rings (SSSR count). The third-order valence-electron chi connectivity index (χ3n) is 5.09. The second-order valence-corrected chi connectivity index (χ2v) is 8.08. The molecule has 1 aromatic heterocycles. The van der Waals surface area contributed by atoms with E-state index in [2.05, 4.69) is 22.5 Å². The highest BCUT2D eigenvalue weighted by atomic mass is 32.1. The molecule has 1 aliphatic heterocycles. The van der Waals surface area contributed by atoms with Crippen molar-refractivity contribution in [2.45, 2.75) is 13.5 Å². The van der Waals surface area contributed by atoms with Gasteiger partial charge in [-0.05, 0) is 30.2 Å². The molecule has 0 aliphatic carbocycles. The molecule has 1 aliphatic rings. The molecule has 2 heterocycles. The number of aromatic nitrogens is 1. The first-order chi connectivity index (χ1) is 13.2. The van der Waals surface area contributed by atoms with Crippen LogP contribution in [0.1, 0.15) is 21.1 Å². The summed E-state index contributed by atoms with van der Waals surface area (Å²) in [5.41, 5.74) is 4.25. The van der Waals surface area contributed by atoms with E-state index in [1.165, 1.54) is 16.2 Å². The molecule has 0 radical (unpaired) electrons. The maximum atomic E-state index is 12.8. The van der Waals surface area contributed by atoms with Crippen molar-refractivity contribution in [3.05, 3.63) is 76.2 Å². The van der Waals surface area contributed by atoms with Gasteiger partial charge in [-0.3, -0.25) is 4.79 Å². The van der Waals surface area contributed by atoms with Crippen molar-refractivity contribution in [3.8, 4) is 11.1 Å². The molecule has 0 atom stereocenters. The number of nitrogens with one attached hydrogen (secondary N) is 1. The molecule has 0 bridgehead atoms. The van der Waals surface area contributed by atoms with Gasteiger partial charge >= 0.3 is 0 Å². The van der Waals surface area contributed by atoms with E-state index in [-0.39, 0.29) is 5.91 Å². The number of piperazine rings is 1. The van der Waals surface area contributed by atoms with E-state index in [0.717, 1.165) is 48.9 Å². The van der Waals surface area contributed by atoms with E-state index in [1.54, 1.807) is 11.3 Å². The summed E-state index contributed by atoms with van der Waals surface area (Å²) in [6, 6.07) is 18.2. The molecule has 1 N–H and O–H groups in total. The zero-order chi connectivity index (χ0) is 18.6. The SMILES string of the molecule is Cc1nc(C[NH+]2CCN(C(=O)c3ccc(-c4ccccc4)cc3)CC2)cs1. The Labute approximate surface area is 164 Å². The number of benzene rings is 2. The van der Waals surface area contributed by atoms with Crippen molar-refractivity contribution in [2.24, 2.45) is 0 Å². The second kappa shape index (κ2) is 8.03. The van der Waals surface area contributed by atoms with Crippen LogP contribution in [0.3, 0.4) is 0 Å². The molecule has 1 saturated heterocycles. The van der Waals surface area contributed by atoms with Crippen molar-refractivity contribution in [1.82, 2.24) is 9.88 Å². The summed E-state index contributed by atoms with van der Waals surface area (Å²) in [6.45, 7) is 6.56. The number of nitrogens with zero attached hydrogens (tertiary/aromatic N) is 2.